The fourth-order valence-electron chi connectivity index (χ4n) is 3.05. The van der Waals surface area contributed by atoms with E-state index < -0.39 is 11.4 Å². The monoisotopic (exact) mass is 317 g/mol. The van der Waals surface area contributed by atoms with Crippen molar-refractivity contribution in [1.29, 1.82) is 0 Å². The summed E-state index contributed by atoms with van der Waals surface area (Å²) in [5.74, 6) is -1.00. The lowest BCUT2D eigenvalue weighted by Gasteiger charge is -2.37. The van der Waals surface area contributed by atoms with Crippen LogP contribution in [0.1, 0.15) is 57.6 Å². The first-order chi connectivity index (χ1) is 10.8. The standard InChI is InChI=1S/C19H27NO3/c1-4-14-6-8-15(9-7-14)18(2,3)13-20-16(21)12-19(17(22)23)10-5-11-19/h6-9H,4-5,10-13H2,1-3H3,(H,20,21)(H,22,23). The summed E-state index contributed by atoms with van der Waals surface area (Å²) < 4.78 is 0. The molecule has 0 radical (unpaired) electrons. The molecule has 0 spiro atoms. The Balaban J connectivity index is 1.92. The molecule has 0 unspecified atom stereocenters. The molecule has 1 fully saturated rings. The third-order valence-electron chi connectivity index (χ3n) is 5.13. The summed E-state index contributed by atoms with van der Waals surface area (Å²) in [6.45, 7) is 6.81. The second-order valence-electron chi connectivity index (χ2n) is 7.33. The van der Waals surface area contributed by atoms with Crippen LogP contribution in [0.15, 0.2) is 24.3 Å². The van der Waals surface area contributed by atoms with Crippen molar-refractivity contribution in [2.24, 2.45) is 5.41 Å². The summed E-state index contributed by atoms with van der Waals surface area (Å²) in [5.41, 5.74) is 1.46. The van der Waals surface area contributed by atoms with Crippen molar-refractivity contribution in [2.45, 2.75) is 58.3 Å². The minimum absolute atomic E-state index is 0.0905. The number of amides is 1. The van der Waals surface area contributed by atoms with Crippen molar-refractivity contribution in [2.75, 3.05) is 6.54 Å². The fraction of sp³-hybridized carbons (Fsp3) is 0.579. The van der Waals surface area contributed by atoms with Gasteiger partial charge in [0.25, 0.3) is 0 Å². The number of rotatable bonds is 7. The van der Waals surface area contributed by atoms with E-state index in [9.17, 15) is 14.7 Å². The molecule has 0 saturated heterocycles. The van der Waals surface area contributed by atoms with Gasteiger partial charge in [-0.05, 0) is 30.4 Å². The summed E-state index contributed by atoms with van der Waals surface area (Å²) in [6.07, 6.45) is 3.21. The van der Waals surface area contributed by atoms with Gasteiger partial charge in [0.05, 0.1) is 5.41 Å². The van der Waals surface area contributed by atoms with Gasteiger partial charge in [-0.15, -0.1) is 0 Å². The van der Waals surface area contributed by atoms with Crippen LogP contribution in [0.3, 0.4) is 0 Å². The molecule has 4 nitrogen and oxygen atoms in total. The van der Waals surface area contributed by atoms with Gasteiger partial charge in [0.15, 0.2) is 0 Å². The molecule has 0 atom stereocenters. The van der Waals surface area contributed by atoms with Crippen LogP contribution in [-0.2, 0) is 21.4 Å². The van der Waals surface area contributed by atoms with E-state index in [-0.39, 0.29) is 17.7 Å². The Kier molecular flexibility index (Phi) is 5.12. The van der Waals surface area contributed by atoms with Crippen LogP contribution in [0.25, 0.3) is 0 Å². The molecule has 0 aliphatic heterocycles. The number of benzene rings is 1. The summed E-state index contributed by atoms with van der Waals surface area (Å²) >= 11 is 0. The molecule has 1 aromatic carbocycles. The van der Waals surface area contributed by atoms with E-state index in [2.05, 4.69) is 50.4 Å². The lowest BCUT2D eigenvalue weighted by Crippen LogP contribution is -2.44. The van der Waals surface area contributed by atoms with Gasteiger partial charge >= 0.3 is 5.97 Å². The van der Waals surface area contributed by atoms with Crippen molar-refractivity contribution in [3.05, 3.63) is 35.4 Å². The predicted molar refractivity (Wildman–Crippen MR) is 90.4 cm³/mol. The van der Waals surface area contributed by atoms with Crippen LogP contribution in [-0.4, -0.2) is 23.5 Å². The average molecular weight is 317 g/mol. The normalized spacial score (nSPS) is 16.5. The maximum absolute atomic E-state index is 12.2. The minimum Gasteiger partial charge on any atom is -0.481 e. The van der Waals surface area contributed by atoms with E-state index in [1.54, 1.807) is 0 Å². The molecule has 1 aliphatic carbocycles. The zero-order chi connectivity index (χ0) is 17.1. The van der Waals surface area contributed by atoms with Gasteiger partial charge in [-0.25, -0.2) is 0 Å². The molecule has 126 valence electrons. The van der Waals surface area contributed by atoms with Crippen LogP contribution in [0, 0.1) is 5.41 Å². The van der Waals surface area contributed by atoms with E-state index in [1.807, 2.05) is 0 Å². The van der Waals surface area contributed by atoms with Gasteiger partial charge in [-0.1, -0.05) is 51.5 Å². The zero-order valence-electron chi connectivity index (χ0n) is 14.3. The smallest absolute Gasteiger partial charge is 0.310 e. The summed E-state index contributed by atoms with van der Waals surface area (Å²) in [6, 6.07) is 8.45. The van der Waals surface area contributed by atoms with Gasteiger partial charge in [-0.2, -0.15) is 0 Å². The topological polar surface area (TPSA) is 66.4 Å². The molecule has 1 saturated carbocycles. The van der Waals surface area contributed by atoms with Crippen LogP contribution in [0.5, 0.6) is 0 Å². The van der Waals surface area contributed by atoms with Crippen LogP contribution in [0.2, 0.25) is 0 Å². The van der Waals surface area contributed by atoms with Crippen molar-refractivity contribution in [3.8, 4) is 0 Å². The van der Waals surface area contributed by atoms with E-state index in [4.69, 9.17) is 0 Å². The van der Waals surface area contributed by atoms with Crippen molar-refractivity contribution in [3.63, 3.8) is 0 Å². The van der Waals surface area contributed by atoms with Gasteiger partial charge in [-0.3, -0.25) is 9.59 Å². The fourth-order valence-corrected chi connectivity index (χ4v) is 3.05. The Bertz CT molecular complexity index is 571. The second kappa shape index (κ2) is 6.73. The number of aryl methyl sites for hydroxylation is 1. The third-order valence-corrected chi connectivity index (χ3v) is 5.13. The molecule has 4 heteroatoms. The largest absolute Gasteiger partial charge is 0.481 e. The Morgan fingerprint density at radius 1 is 1.22 bits per heavy atom. The molecule has 1 amide bonds. The van der Waals surface area contributed by atoms with Crippen molar-refractivity contribution < 1.29 is 14.7 Å². The maximum atomic E-state index is 12.2. The predicted octanol–water partition coefficient (Wildman–Crippen LogP) is 3.29. The van der Waals surface area contributed by atoms with Crippen molar-refractivity contribution in [1.82, 2.24) is 5.32 Å². The molecule has 23 heavy (non-hydrogen) atoms. The van der Waals surface area contributed by atoms with Crippen LogP contribution < -0.4 is 5.32 Å². The number of carbonyl (C=O) groups excluding carboxylic acids is 1. The van der Waals surface area contributed by atoms with Crippen LogP contribution in [0.4, 0.5) is 0 Å². The van der Waals surface area contributed by atoms with E-state index in [0.29, 0.717) is 19.4 Å². The quantitative estimate of drug-likeness (QED) is 0.811. The molecule has 2 rings (SSSR count). The van der Waals surface area contributed by atoms with Crippen LogP contribution >= 0.6 is 0 Å². The highest BCUT2D eigenvalue weighted by atomic mass is 16.4. The summed E-state index contributed by atoms with van der Waals surface area (Å²) in [7, 11) is 0. The SMILES string of the molecule is CCc1ccc(C(C)(C)CNC(=O)CC2(C(=O)O)CCC2)cc1. The van der Waals surface area contributed by atoms with Gasteiger partial charge in [0, 0.05) is 18.4 Å². The third kappa shape index (κ3) is 3.92. The summed E-state index contributed by atoms with van der Waals surface area (Å²) in [4.78, 5) is 23.5. The molecule has 0 heterocycles. The molecular weight excluding hydrogens is 290 g/mol. The first-order valence-electron chi connectivity index (χ1n) is 8.39. The highest BCUT2D eigenvalue weighted by molar-refractivity contribution is 5.85. The molecule has 0 aromatic heterocycles. The highest BCUT2D eigenvalue weighted by Gasteiger charge is 2.45. The van der Waals surface area contributed by atoms with Gasteiger partial charge in [0.2, 0.25) is 5.91 Å². The number of carboxylic acids is 1. The lowest BCUT2D eigenvalue weighted by molar-refractivity contribution is -0.157. The van der Waals surface area contributed by atoms with E-state index >= 15 is 0 Å². The number of hydrogen-bond donors (Lipinski definition) is 2. The maximum Gasteiger partial charge on any atom is 0.310 e. The van der Waals surface area contributed by atoms with Gasteiger partial charge in [0.1, 0.15) is 0 Å². The number of nitrogens with one attached hydrogen (secondary N) is 1. The number of carboxylic acid groups (broad SMARTS) is 1. The second-order valence-corrected chi connectivity index (χ2v) is 7.33. The minimum atomic E-state index is -0.840. The molecule has 1 aromatic rings. The summed E-state index contributed by atoms with van der Waals surface area (Å²) in [5, 5.41) is 12.2. The van der Waals surface area contributed by atoms with Gasteiger partial charge < -0.3 is 10.4 Å². The van der Waals surface area contributed by atoms with E-state index in [1.165, 1.54) is 11.1 Å². The molecule has 2 N–H and O–H groups in total. The number of hydrogen-bond acceptors (Lipinski definition) is 2. The Labute approximate surface area is 138 Å². The average Bonchev–Trinajstić information content (AvgIpc) is 2.48. The lowest BCUT2D eigenvalue weighted by atomic mass is 9.66. The Hall–Kier alpha value is -1.84. The molecular formula is C19H27NO3. The molecule has 1 aliphatic rings. The Morgan fingerprint density at radius 3 is 2.26 bits per heavy atom. The first kappa shape index (κ1) is 17.5. The first-order valence-corrected chi connectivity index (χ1v) is 8.39. The molecule has 0 bridgehead atoms. The number of aliphatic carboxylic acids is 1. The zero-order valence-corrected chi connectivity index (χ0v) is 14.3. The Morgan fingerprint density at radius 2 is 1.83 bits per heavy atom. The number of carbonyl (C=O) groups is 2. The highest BCUT2D eigenvalue weighted by Crippen LogP contribution is 2.44. The van der Waals surface area contributed by atoms with E-state index in [0.717, 1.165) is 12.8 Å². The van der Waals surface area contributed by atoms with Crippen molar-refractivity contribution >= 4 is 11.9 Å².